The van der Waals surface area contributed by atoms with Crippen LogP contribution in [0.2, 0.25) is 0 Å². The fourth-order valence-corrected chi connectivity index (χ4v) is 2.38. The maximum atomic E-state index is 7.59. The lowest BCUT2D eigenvalue weighted by atomic mass is 10.1. The molecule has 0 aromatic carbocycles. The van der Waals surface area contributed by atoms with Gasteiger partial charge in [-0.25, -0.2) is 15.0 Å². The van der Waals surface area contributed by atoms with Crippen molar-refractivity contribution in [2.45, 2.75) is 26.8 Å². The fourth-order valence-electron chi connectivity index (χ4n) is 2.38. The molecule has 0 aliphatic rings. The molecule has 0 amide bonds. The second kappa shape index (κ2) is 6.33. The van der Waals surface area contributed by atoms with Crippen LogP contribution in [-0.2, 0) is 0 Å². The molecule has 22 heavy (non-hydrogen) atoms. The number of hydrogen-bond acceptors (Lipinski definition) is 8. The van der Waals surface area contributed by atoms with E-state index in [4.69, 9.17) is 16.9 Å². The van der Waals surface area contributed by atoms with E-state index >= 15 is 0 Å². The molecule has 8 nitrogen and oxygen atoms in total. The molecule has 2 aromatic heterocycles. The first-order chi connectivity index (χ1) is 10.5. The lowest BCUT2D eigenvalue weighted by Crippen LogP contribution is -2.30. The average Bonchev–Trinajstić information content (AvgIpc) is 2.48. The minimum atomic E-state index is -0.161. The molecule has 0 radical (unpaired) electrons. The largest absolute Gasteiger partial charge is 0.383 e. The smallest absolute Gasteiger partial charge is 0.147 e. The molecular weight excluding hydrogens is 280 g/mol. The highest BCUT2D eigenvalue weighted by Crippen LogP contribution is 2.29. The highest BCUT2D eigenvalue weighted by Gasteiger charge is 2.23. The molecule has 0 spiro atoms. The highest BCUT2D eigenvalue weighted by atomic mass is 15.2. The van der Waals surface area contributed by atoms with E-state index in [0.717, 1.165) is 0 Å². The van der Waals surface area contributed by atoms with Crippen molar-refractivity contribution in [3.63, 3.8) is 0 Å². The van der Waals surface area contributed by atoms with E-state index in [1.54, 1.807) is 19.3 Å². The number of aryl methyl sites for hydroxylation is 1. The van der Waals surface area contributed by atoms with Crippen LogP contribution >= 0.6 is 0 Å². The summed E-state index contributed by atoms with van der Waals surface area (Å²) in [5.41, 5.74) is 13.0. The topological polar surface area (TPSA) is 131 Å². The van der Waals surface area contributed by atoms with Crippen LogP contribution < -0.4 is 16.4 Å². The molecule has 116 valence electrons. The third-order valence-electron chi connectivity index (χ3n) is 3.44. The molecule has 5 N–H and O–H groups in total. The number of nitrogens with one attached hydrogen (secondary N) is 1. The summed E-state index contributed by atoms with van der Waals surface area (Å²) in [5.74, 6) is 1.81. The van der Waals surface area contributed by atoms with Crippen molar-refractivity contribution in [3.8, 4) is 0 Å². The summed E-state index contributed by atoms with van der Waals surface area (Å²) in [7, 11) is 0. The number of nitrogens with two attached hydrogens (primary N) is 2. The number of rotatable bonds is 5. The van der Waals surface area contributed by atoms with Gasteiger partial charge in [0.15, 0.2) is 0 Å². The maximum Gasteiger partial charge on any atom is 0.147 e. The summed E-state index contributed by atoms with van der Waals surface area (Å²) in [5, 5.41) is 7.59. The Morgan fingerprint density at radius 1 is 1.23 bits per heavy atom. The summed E-state index contributed by atoms with van der Waals surface area (Å²) in [6.07, 6.45) is 4.32. The van der Waals surface area contributed by atoms with Gasteiger partial charge in [-0.1, -0.05) is 0 Å². The van der Waals surface area contributed by atoms with Crippen molar-refractivity contribution < 1.29 is 0 Å². The van der Waals surface area contributed by atoms with E-state index in [1.807, 2.05) is 18.7 Å². The Kier molecular flexibility index (Phi) is 4.50. The average molecular weight is 300 g/mol. The van der Waals surface area contributed by atoms with Crippen molar-refractivity contribution >= 4 is 23.7 Å². The Balaban J connectivity index is 2.53. The van der Waals surface area contributed by atoms with Crippen LogP contribution in [0.25, 0.3) is 0 Å². The summed E-state index contributed by atoms with van der Waals surface area (Å²) >= 11 is 0. The van der Waals surface area contributed by atoms with Gasteiger partial charge in [0.1, 0.15) is 29.0 Å². The SMILES string of the molecule is CCN(c1nc(C)nc(N)c1C=N)C(C)c1nccnc1N. The van der Waals surface area contributed by atoms with E-state index in [2.05, 4.69) is 19.9 Å². The van der Waals surface area contributed by atoms with Gasteiger partial charge in [-0.3, -0.25) is 4.98 Å². The zero-order chi connectivity index (χ0) is 16.3. The van der Waals surface area contributed by atoms with E-state index in [1.165, 1.54) is 6.21 Å². The number of nitrogens with zero attached hydrogens (tertiary/aromatic N) is 5. The molecule has 2 heterocycles. The number of anilines is 3. The van der Waals surface area contributed by atoms with Crippen LogP contribution in [0.15, 0.2) is 12.4 Å². The summed E-state index contributed by atoms with van der Waals surface area (Å²) in [6, 6.07) is -0.161. The molecule has 2 rings (SSSR count). The first kappa shape index (κ1) is 15.6. The first-order valence-corrected chi connectivity index (χ1v) is 6.97. The third-order valence-corrected chi connectivity index (χ3v) is 3.44. The second-order valence-corrected chi connectivity index (χ2v) is 4.83. The minimum absolute atomic E-state index is 0.161. The van der Waals surface area contributed by atoms with Gasteiger partial charge in [0.2, 0.25) is 0 Å². The van der Waals surface area contributed by atoms with Gasteiger partial charge in [0, 0.05) is 25.2 Å². The Bertz CT molecular complexity index is 685. The van der Waals surface area contributed by atoms with Crippen molar-refractivity contribution in [1.29, 1.82) is 5.41 Å². The van der Waals surface area contributed by atoms with Gasteiger partial charge in [-0.15, -0.1) is 0 Å². The van der Waals surface area contributed by atoms with Gasteiger partial charge in [0.25, 0.3) is 0 Å². The lowest BCUT2D eigenvalue weighted by molar-refractivity contribution is 0.658. The quantitative estimate of drug-likeness (QED) is 0.710. The molecule has 0 saturated carbocycles. The zero-order valence-electron chi connectivity index (χ0n) is 12.9. The predicted octanol–water partition coefficient (Wildman–Crippen LogP) is 1.32. The molecule has 0 bridgehead atoms. The molecule has 0 aliphatic carbocycles. The highest BCUT2D eigenvalue weighted by molar-refractivity contribution is 5.90. The molecule has 2 aromatic rings. The zero-order valence-corrected chi connectivity index (χ0v) is 12.9. The Hall–Kier alpha value is -2.77. The van der Waals surface area contributed by atoms with Crippen LogP contribution in [0.1, 0.15) is 37.0 Å². The molecule has 1 atom stereocenters. The summed E-state index contributed by atoms with van der Waals surface area (Å²) < 4.78 is 0. The van der Waals surface area contributed by atoms with Crippen molar-refractivity contribution in [2.75, 3.05) is 22.9 Å². The lowest BCUT2D eigenvalue weighted by Gasteiger charge is -2.30. The number of aromatic nitrogens is 4. The van der Waals surface area contributed by atoms with Gasteiger partial charge in [-0.05, 0) is 20.8 Å². The van der Waals surface area contributed by atoms with E-state index in [0.29, 0.717) is 35.3 Å². The molecule has 1 unspecified atom stereocenters. The third kappa shape index (κ3) is 2.80. The Morgan fingerprint density at radius 3 is 2.50 bits per heavy atom. The summed E-state index contributed by atoms with van der Waals surface area (Å²) in [6.45, 7) is 6.37. The Morgan fingerprint density at radius 2 is 1.91 bits per heavy atom. The first-order valence-electron chi connectivity index (χ1n) is 6.97. The normalized spacial score (nSPS) is 12.0. The van der Waals surface area contributed by atoms with Gasteiger partial charge < -0.3 is 21.8 Å². The van der Waals surface area contributed by atoms with Gasteiger partial charge >= 0.3 is 0 Å². The van der Waals surface area contributed by atoms with Crippen LogP contribution in [0.4, 0.5) is 17.5 Å². The molecule has 0 saturated heterocycles. The van der Waals surface area contributed by atoms with Crippen LogP contribution in [-0.4, -0.2) is 32.7 Å². The van der Waals surface area contributed by atoms with Gasteiger partial charge in [0.05, 0.1) is 11.6 Å². The monoisotopic (exact) mass is 300 g/mol. The molecular formula is C14H20N8. The predicted molar refractivity (Wildman–Crippen MR) is 86.9 cm³/mol. The van der Waals surface area contributed by atoms with Crippen LogP contribution in [0.3, 0.4) is 0 Å². The van der Waals surface area contributed by atoms with E-state index in [-0.39, 0.29) is 11.9 Å². The standard InChI is InChI=1S/C14H20N8/c1-4-22(8(2)11-13(17)19-6-5-18-11)14-10(7-15)12(16)20-9(3)21-14/h5-8,15H,4H2,1-3H3,(H2,17,19)(H2,16,20,21). The molecule has 0 aliphatic heterocycles. The van der Waals surface area contributed by atoms with Crippen molar-refractivity contribution in [1.82, 2.24) is 19.9 Å². The Labute approximate surface area is 129 Å². The second-order valence-electron chi connectivity index (χ2n) is 4.83. The summed E-state index contributed by atoms with van der Waals surface area (Å²) in [4.78, 5) is 18.9. The van der Waals surface area contributed by atoms with Crippen molar-refractivity contribution in [2.24, 2.45) is 0 Å². The number of nitrogen functional groups attached to an aromatic ring is 2. The van der Waals surface area contributed by atoms with Gasteiger partial charge in [-0.2, -0.15) is 0 Å². The molecule has 0 fully saturated rings. The van der Waals surface area contributed by atoms with E-state index < -0.39 is 0 Å². The van der Waals surface area contributed by atoms with E-state index in [9.17, 15) is 0 Å². The van der Waals surface area contributed by atoms with Crippen LogP contribution in [0, 0.1) is 12.3 Å². The molecule has 8 heteroatoms. The maximum absolute atomic E-state index is 7.59. The minimum Gasteiger partial charge on any atom is -0.383 e. The fraction of sp³-hybridized carbons (Fsp3) is 0.357. The van der Waals surface area contributed by atoms with Crippen LogP contribution in [0.5, 0.6) is 0 Å². The number of hydrogen-bond donors (Lipinski definition) is 3. The van der Waals surface area contributed by atoms with Crippen molar-refractivity contribution in [3.05, 3.63) is 29.5 Å².